The first-order chi connectivity index (χ1) is 15.6. The van der Waals surface area contributed by atoms with Crippen molar-refractivity contribution in [3.05, 3.63) is 47.3 Å². The summed E-state index contributed by atoms with van der Waals surface area (Å²) >= 11 is 0. The van der Waals surface area contributed by atoms with E-state index in [1.165, 1.54) is 6.42 Å². The molecule has 33 heavy (non-hydrogen) atoms. The van der Waals surface area contributed by atoms with Gasteiger partial charge in [-0.05, 0) is 43.5 Å². The topological polar surface area (TPSA) is 76.5 Å². The predicted octanol–water partition coefficient (Wildman–Crippen LogP) is 4.05. The number of ether oxygens (including phenoxy) is 1. The van der Waals surface area contributed by atoms with Crippen LogP contribution in [0.5, 0.6) is 5.75 Å². The third-order valence-corrected chi connectivity index (χ3v) is 7.00. The van der Waals surface area contributed by atoms with Gasteiger partial charge < -0.3 is 15.0 Å². The minimum absolute atomic E-state index is 0.102. The number of hydrogen-bond donors (Lipinski definition) is 1. The summed E-state index contributed by atoms with van der Waals surface area (Å²) in [7, 11) is 1.63. The summed E-state index contributed by atoms with van der Waals surface area (Å²) in [5, 5.41) is 7.99. The lowest BCUT2D eigenvalue weighted by Crippen LogP contribution is -2.64. The highest BCUT2D eigenvalue weighted by Crippen LogP contribution is 2.32. The predicted molar refractivity (Wildman–Crippen MR) is 127 cm³/mol. The lowest BCUT2D eigenvalue weighted by Gasteiger charge is -2.44. The first kappa shape index (κ1) is 23.3. The molecule has 0 spiro atoms. The summed E-state index contributed by atoms with van der Waals surface area (Å²) in [4.78, 5) is 29.2. The second-order valence-electron chi connectivity index (χ2n) is 10.6. The zero-order chi connectivity index (χ0) is 23.8. The second kappa shape index (κ2) is 8.84. The maximum Gasteiger partial charge on any atom is 0.273 e. The number of methoxy groups -OCH3 is 1. The Morgan fingerprint density at radius 1 is 1.18 bits per heavy atom. The van der Waals surface area contributed by atoms with Crippen molar-refractivity contribution in [2.45, 2.75) is 89.9 Å². The van der Waals surface area contributed by atoms with Crippen molar-refractivity contribution >= 4 is 11.8 Å². The monoisotopic (exact) mass is 452 g/mol. The molecule has 0 saturated heterocycles. The van der Waals surface area contributed by atoms with Crippen LogP contribution in [0.3, 0.4) is 0 Å². The molecule has 1 aromatic heterocycles. The van der Waals surface area contributed by atoms with Gasteiger partial charge in [0.2, 0.25) is 5.91 Å². The van der Waals surface area contributed by atoms with Crippen LogP contribution in [-0.4, -0.2) is 45.2 Å². The Balaban J connectivity index is 1.69. The van der Waals surface area contributed by atoms with E-state index < -0.39 is 5.54 Å². The fourth-order valence-electron chi connectivity index (χ4n) is 4.76. The van der Waals surface area contributed by atoms with Crippen LogP contribution in [0.25, 0.3) is 0 Å². The number of nitrogens with one attached hydrogen (secondary N) is 1. The molecule has 7 nitrogen and oxygen atoms in total. The molecule has 7 heteroatoms. The van der Waals surface area contributed by atoms with Crippen LogP contribution in [0.1, 0.15) is 81.5 Å². The number of rotatable bonds is 5. The normalized spacial score (nSPS) is 21.6. The minimum atomic E-state index is -1.04. The summed E-state index contributed by atoms with van der Waals surface area (Å²) in [6.07, 6.45) is 5.48. The highest BCUT2D eigenvalue weighted by Gasteiger charge is 2.48. The molecule has 0 radical (unpaired) electrons. The van der Waals surface area contributed by atoms with Crippen LogP contribution in [0.15, 0.2) is 30.3 Å². The molecule has 178 valence electrons. The van der Waals surface area contributed by atoms with Crippen LogP contribution >= 0.6 is 0 Å². The van der Waals surface area contributed by atoms with E-state index in [4.69, 9.17) is 9.84 Å². The van der Waals surface area contributed by atoms with E-state index in [-0.39, 0.29) is 23.3 Å². The lowest BCUT2D eigenvalue weighted by atomic mass is 9.90. The number of nitrogens with zero attached hydrogens (tertiary/aromatic N) is 3. The van der Waals surface area contributed by atoms with Gasteiger partial charge >= 0.3 is 0 Å². The highest BCUT2D eigenvalue weighted by atomic mass is 16.5. The zero-order valence-electron chi connectivity index (χ0n) is 20.5. The lowest BCUT2D eigenvalue weighted by molar-refractivity contribution is -0.134. The molecule has 1 aliphatic heterocycles. The fraction of sp³-hybridized carbons (Fsp3) is 0.577. The van der Waals surface area contributed by atoms with Crippen LogP contribution in [0.2, 0.25) is 0 Å². The largest absolute Gasteiger partial charge is 0.497 e. The molecule has 1 N–H and O–H groups in total. The summed E-state index contributed by atoms with van der Waals surface area (Å²) in [6.45, 7) is 8.78. The summed E-state index contributed by atoms with van der Waals surface area (Å²) < 4.78 is 7.00. The number of carbonyl (C=O) groups is 2. The average molecular weight is 453 g/mol. The van der Waals surface area contributed by atoms with Gasteiger partial charge in [0.05, 0.1) is 19.3 Å². The maximum absolute atomic E-state index is 13.8. The molecule has 1 fully saturated rings. The standard InChI is InChI=1S/C26H36N4O3/c1-25(2,3)22-15-21-23(31)29(16-18-11-13-20(33-5)14-12-18)26(4,17-30(21)28-22)24(32)27-19-9-7-6-8-10-19/h11-15,19H,6-10,16-17H2,1-5H3,(H,27,32)/t26-/m0/s1. The van der Waals surface area contributed by atoms with Crippen LogP contribution in [0.4, 0.5) is 0 Å². The minimum Gasteiger partial charge on any atom is -0.497 e. The van der Waals surface area contributed by atoms with E-state index in [0.29, 0.717) is 18.8 Å². The zero-order valence-corrected chi connectivity index (χ0v) is 20.5. The molecule has 1 aromatic carbocycles. The van der Waals surface area contributed by atoms with E-state index in [2.05, 4.69) is 26.1 Å². The smallest absolute Gasteiger partial charge is 0.273 e. The van der Waals surface area contributed by atoms with Crippen molar-refractivity contribution in [2.75, 3.05) is 7.11 Å². The van der Waals surface area contributed by atoms with Crippen LogP contribution in [0, 0.1) is 0 Å². The third kappa shape index (κ3) is 4.63. The average Bonchev–Trinajstić information content (AvgIpc) is 3.22. The quantitative estimate of drug-likeness (QED) is 0.742. The van der Waals surface area contributed by atoms with Crippen molar-refractivity contribution < 1.29 is 14.3 Å². The Hall–Kier alpha value is -2.83. The fourth-order valence-corrected chi connectivity index (χ4v) is 4.76. The number of carbonyl (C=O) groups excluding carboxylic acids is 2. The molecule has 2 heterocycles. The van der Waals surface area contributed by atoms with Gasteiger partial charge in [0, 0.05) is 18.0 Å². The Bertz CT molecular complexity index is 1020. The molecule has 0 bridgehead atoms. The molecule has 1 atom stereocenters. The molecule has 4 rings (SSSR count). The molecule has 2 amide bonds. The van der Waals surface area contributed by atoms with Gasteiger partial charge in [-0.3, -0.25) is 14.3 Å². The van der Waals surface area contributed by atoms with Crippen molar-refractivity contribution in [3.63, 3.8) is 0 Å². The third-order valence-electron chi connectivity index (χ3n) is 7.00. The molecular formula is C26H36N4O3. The number of aromatic nitrogens is 2. The van der Waals surface area contributed by atoms with Crippen LogP contribution < -0.4 is 10.1 Å². The van der Waals surface area contributed by atoms with E-state index in [0.717, 1.165) is 42.7 Å². The van der Waals surface area contributed by atoms with Crippen molar-refractivity contribution in [3.8, 4) is 5.75 Å². The summed E-state index contributed by atoms with van der Waals surface area (Å²) in [5.41, 5.74) is 1.11. The number of amides is 2. The number of fused-ring (bicyclic) bond motifs is 1. The van der Waals surface area contributed by atoms with Gasteiger partial charge in [0.15, 0.2) is 0 Å². The van der Waals surface area contributed by atoms with Gasteiger partial charge in [-0.2, -0.15) is 5.10 Å². The second-order valence-corrected chi connectivity index (χ2v) is 10.6. The van der Waals surface area contributed by atoms with Gasteiger partial charge in [0.1, 0.15) is 17.0 Å². The molecule has 0 unspecified atom stereocenters. The molecule has 1 saturated carbocycles. The first-order valence-corrected chi connectivity index (χ1v) is 12.0. The van der Waals surface area contributed by atoms with Crippen molar-refractivity contribution in [1.82, 2.24) is 20.0 Å². The molecule has 2 aliphatic rings. The van der Waals surface area contributed by atoms with Gasteiger partial charge in [-0.25, -0.2) is 0 Å². The van der Waals surface area contributed by atoms with E-state index in [9.17, 15) is 9.59 Å². The van der Waals surface area contributed by atoms with Gasteiger partial charge in [-0.1, -0.05) is 52.2 Å². The van der Waals surface area contributed by atoms with Crippen LogP contribution in [-0.2, 0) is 23.3 Å². The first-order valence-electron chi connectivity index (χ1n) is 12.0. The van der Waals surface area contributed by atoms with Crippen molar-refractivity contribution in [1.29, 1.82) is 0 Å². The van der Waals surface area contributed by atoms with E-state index in [1.807, 2.05) is 37.3 Å². The highest BCUT2D eigenvalue weighted by molar-refractivity contribution is 5.99. The molecule has 2 aromatic rings. The van der Waals surface area contributed by atoms with Gasteiger partial charge in [0.25, 0.3) is 5.91 Å². The van der Waals surface area contributed by atoms with E-state index >= 15 is 0 Å². The SMILES string of the molecule is COc1ccc(CN2C(=O)c3cc(C(C)(C)C)nn3C[C@@]2(C)C(=O)NC2CCCCC2)cc1. The summed E-state index contributed by atoms with van der Waals surface area (Å²) in [5.74, 6) is 0.491. The molecular weight excluding hydrogens is 416 g/mol. The Labute approximate surface area is 196 Å². The van der Waals surface area contributed by atoms with Gasteiger partial charge in [-0.15, -0.1) is 0 Å². The summed E-state index contributed by atoms with van der Waals surface area (Å²) in [6, 6.07) is 9.69. The molecule has 1 aliphatic carbocycles. The number of benzene rings is 1. The maximum atomic E-state index is 13.8. The number of hydrogen-bond acceptors (Lipinski definition) is 4. The Morgan fingerprint density at radius 2 is 1.85 bits per heavy atom. The Kier molecular flexibility index (Phi) is 6.25. The van der Waals surface area contributed by atoms with Crippen molar-refractivity contribution in [2.24, 2.45) is 0 Å². The Morgan fingerprint density at radius 3 is 2.45 bits per heavy atom. The van der Waals surface area contributed by atoms with E-state index in [1.54, 1.807) is 16.7 Å².